The molecular formula is C12H18N2O3. The lowest BCUT2D eigenvalue weighted by Gasteiger charge is -2.30. The first kappa shape index (κ1) is 12.1. The van der Waals surface area contributed by atoms with Crippen molar-refractivity contribution in [2.75, 3.05) is 13.1 Å². The molecule has 1 aliphatic rings. The zero-order chi connectivity index (χ0) is 12.4. The first-order chi connectivity index (χ1) is 8.06. The van der Waals surface area contributed by atoms with E-state index < -0.39 is 5.97 Å². The van der Waals surface area contributed by atoms with Crippen LogP contribution in [0.3, 0.4) is 0 Å². The zero-order valence-corrected chi connectivity index (χ0v) is 9.98. The fourth-order valence-corrected chi connectivity index (χ4v) is 2.26. The highest BCUT2D eigenvalue weighted by atomic mass is 16.4. The van der Waals surface area contributed by atoms with Gasteiger partial charge < -0.3 is 15.3 Å². The van der Waals surface area contributed by atoms with E-state index in [0.717, 1.165) is 38.0 Å². The minimum Gasteiger partial charge on any atom is -0.475 e. The number of rotatable bonds is 3. The molecule has 0 bridgehead atoms. The summed E-state index contributed by atoms with van der Waals surface area (Å²) in [7, 11) is 0. The number of furan rings is 1. The molecule has 0 radical (unpaired) electrons. The Hall–Kier alpha value is -1.33. The van der Waals surface area contributed by atoms with Gasteiger partial charge >= 0.3 is 5.97 Å². The molecule has 1 aliphatic heterocycles. The molecule has 0 aromatic carbocycles. The molecule has 1 aromatic rings. The van der Waals surface area contributed by atoms with Crippen LogP contribution in [-0.4, -0.2) is 35.1 Å². The maximum Gasteiger partial charge on any atom is 0.371 e. The van der Waals surface area contributed by atoms with E-state index in [1.54, 1.807) is 13.0 Å². The van der Waals surface area contributed by atoms with Crippen molar-refractivity contribution in [2.24, 2.45) is 5.73 Å². The summed E-state index contributed by atoms with van der Waals surface area (Å²) >= 11 is 0. The molecule has 2 heterocycles. The number of nitrogens with two attached hydrogens (primary N) is 1. The van der Waals surface area contributed by atoms with Crippen LogP contribution in [0, 0.1) is 6.92 Å². The third-order valence-electron chi connectivity index (χ3n) is 3.17. The summed E-state index contributed by atoms with van der Waals surface area (Å²) in [5.74, 6) is -0.324. The molecular weight excluding hydrogens is 220 g/mol. The van der Waals surface area contributed by atoms with Crippen molar-refractivity contribution in [2.45, 2.75) is 32.4 Å². The van der Waals surface area contributed by atoms with Crippen molar-refractivity contribution in [3.63, 3.8) is 0 Å². The summed E-state index contributed by atoms with van der Waals surface area (Å²) in [6.07, 6.45) is 2.17. The Bertz CT molecular complexity index is 414. The van der Waals surface area contributed by atoms with Crippen LogP contribution in [0.5, 0.6) is 0 Å². The number of hydrogen-bond donors (Lipinski definition) is 2. The van der Waals surface area contributed by atoms with Gasteiger partial charge in [0.05, 0.1) is 0 Å². The molecule has 1 unspecified atom stereocenters. The molecule has 1 saturated heterocycles. The summed E-state index contributed by atoms with van der Waals surface area (Å²) < 4.78 is 5.19. The highest BCUT2D eigenvalue weighted by Gasteiger charge is 2.19. The molecule has 0 amide bonds. The topological polar surface area (TPSA) is 79.7 Å². The van der Waals surface area contributed by atoms with Crippen molar-refractivity contribution in [3.05, 3.63) is 23.2 Å². The van der Waals surface area contributed by atoms with Crippen LogP contribution in [0.4, 0.5) is 0 Å². The van der Waals surface area contributed by atoms with E-state index in [-0.39, 0.29) is 11.8 Å². The lowest BCUT2D eigenvalue weighted by atomic mass is 10.1. The van der Waals surface area contributed by atoms with Crippen molar-refractivity contribution in [1.82, 2.24) is 4.90 Å². The normalized spacial score (nSPS) is 21.6. The highest BCUT2D eigenvalue weighted by molar-refractivity contribution is 5.84. The van der Waals surface area contributed by atoms with Gasteiger partial charge in [-0.25, -0.2) is 4.79 Å². The van der Waals surface area contributed by atoms with E-state index in [2.05, 4.69) is 4.90 Å². The summed E-state index contributed by atoms with van der Waals surface area (Å²) in [5, 5.41) is 8.84. The summed E-state index contributed by atoms with van der Waals surface area (Å²) in [6.45, 7) is 4.40. The zero-order valence-electron chi connectivity index (χ0n) is 9.98. The van der Waals surface area contributed by atoms with Crippen LogP contribution >= 0.6 is 0 Å². The highest BCUT2D eigenvalue weighted by Crippen LogP contribution is 2.19. The fraction of sp³-hybridized carbons (Fsp3) is 0.583. The van der Waals surface area contributed by atoms with Crippen LogP contribution in [0.2, 0.25) is 0 Å². The van der Waals surface area contributed by atoms with Gasteiger partial charge in [0.25, 0.3) is 0 Å². The number of carbonyl (C=O) groups is 1. The quantitative estimate of drug-likeness (QED) is 0.827. The Morgan fingerprint density at radius 2 is 2.47 bits per heavy atom. The van der Waals surface area contributed by atoms with E-state index in [1.165, 1.54) is 0 Å². The summed E-state index contributed by atoms with van der Waals surface area (Å²) in [5.41, 5.74) is 6.85. The Morgan fingerprint density at radius 3 is 3.06 bits per heavy atom. The lowest BCUT2D eigenvalue weighted by molar-refractivity contribution is 0.0661. The van der Waals surface area contributed by atoms with E-state index in [0.29, 0.717) is 5.76 Å². The number of nitrogens with zero attached hydrogens (tertiary/aromatic N) is 1. The monoisotopic (exact) mass is 238 g/mol. The molecule has 17 heavy (non-hydrogen) atoms. The maximum atomic E-state index is 10.8. The van der Waals surface area contributed by atoms with E-state index in [1.807, 2.05) is 0 Å². The molecule has 2 rings (SSSR count). The van der Waals surface area contributed by atoms with Crippen molar-refractivity contribution < 1.29 is 14.3 Å². The number of aryl methyl sites for hydroxylation is 1. The number of likely N-dealkylation sites (tertiary alicyclic amines) is 1. The summed E-state index contributed by atoms with van der Waals surface area (Å²) in [6, 6.07) is 1.84. The van der Waals surface area contributed by atoms with E-state index >= 15 is 0 Å². The van der Waals surface area contributed by atoms with Gasteiger partial charge in [0.15, 0.2) is 0 Å². The van der Waals surface area contributed by atoms with E-state index in [4.69, 9.17) is 15.3 Å². The average Bonchev–Trinajstić information content (AvgIpc) is 2.61. The lowest BCUT2D eigenvalue weighted by Crippen LogP contribution is -2.42. The molecule has 5 nitrogen and oxygen atoms in total. The van der Waals surface area contributed by atoms with Gasteiger partial charge in [-0.1, -0.05) is 0 Å². The second kappa shape index (κ2) is 4.89. The number of carboxylic acids is 1. The van der Waals surface area contributed by atoms with Gasteiger partial charge in [-0.15, -0.1) is 0 Å². The smallest absolute Gasteiger partial charge is 0.371 e. The third-order valence-corrected chi connectivity index (χ3v) is 3.17. The van der Waals surface area contributed by atoms with E-state index in [9.17, 15) is 4.79 Å². The minimum absolute atomic E-state index is 0.0128. The SMILES string of the molecule is Cc1oc(C(=O)O)cc1CN1CCCC(N)C1. The minimum atomic E-state index is -1.02. The van der Waals surface area contributed by atoms with Crippen molar-refractivity contribution in [3.8, 4) is 0 Å². The predicted molar refractivity (Wildman–Crippen MR) is 62.9 cm³/mol. The van der Waals surface area contributed by atoms with Crippen molar-refractivity contribution >= 4 is 5.97 Å². The maximum absolute atomic E-state index is 10.8. The predicted octanol–water partition coefficient (Wildman–Crippen LogP) is 1.21. The molecule has 5 heteroatoms. The summed E-state index contributed by atoms with van der Waals surface area (Å²) in [4.78, 5) is 13.0. The second-order valence-electron chi connectivity index (χ2n) is 4.63. The van der Waals surface area contributed by atoms with Crippen LogP contribution in [0.15, 0.2) is 10.5 Å². The van der Waals surface area contributed by atoms with Gasteiger partial charge in [0.1, 0.15) is 5.76 Å². The Labute approximate surface area is 100 Å². The fourth-order valence-electron chi connectivity index (χ4n) is 2.26. The molecule has 1 fully saturated rings. The van der Waals surface area contributed by atoms with Crippen molar-refractivity contribution in [1.29, 1.82) is 0 Å². The third kappa shape index (κ3) is 2.87. The number of carboxylic acid groups (broad SMARTS) is 1. The molecule has 0 aliphatic carbocycles. The first-order valence-electron chi connectivity index (χ1n) is 5.87. The number of hydrogen-bond acceptors (Lipinski definition) is 4. The molecule has 1 aromatic heterocycles. The Morgan fingerprint density at radius 1 is 1.71 bits per heavy atom. The van der Waals surface area contributed by atoms with Gasteiger partial charge in [0.2, 0.25) is 5.76 Å². The first-order valence-corrected chi connectivity index (χ1v) is 5.87. The van der Waals surface area contributed by atoms with Gasteiger partial charge in [-0.3, -0.25) is 4.90 Å². The Kier molecular flexibility index (Phi) is 3.49. The molecule has 94 valence electrons. The van der Waals surface area contributed by atoms with Crippen LogP contribution in [0.25, 0.3) is 0 Å². The molecule has 0 saturated carbocycles. The number of piperidine rings is 1. The molecule has 0 spiro atoms. The standard InChI is InChI=1S/C12H18N2O3/c1-8-9(5-11(17-8)12(15)16)6-14-4-2-3-10(13)7-14/h5,10H,2-4,6-7,13H2,1H3,(H,15,16). The van der Waals surface area contributed by atoms with Crippen LogP contribution in [-0.2, 0) is 6.54 Å². The van der Waals surface area contributed by atoms with Crippen LogP contribution in [0.1, 0.15) is 34.7 Å². The van der Waals surface area contributed by atoms with Gasteiger partial charge in [-0.2, -0.15) is 0 Å². The largest absolute Gasteiger partial charge is 0.475 e. The van der Waals surface area contributed by atoms with Gasteiger partial charge in [-0.05, 0) is 32.4 Å². The van der Waals surface area contributed by atoms with Crippen LogP contribution < -0.4 is 5.73 Å². The Balaban J connectivity index is 2.05. The second-order valence-corrected chi connectivity index (χ2v) is 4.63. The number of aromatic carboxylic acids is 1. The molecule has 3 N–H and O–H groups in total. The van der Waals surface area contributed by atoms with Gasteiger partial charge in [0, 0.05) is 24.7 Å². The molecule has 1 atom stereocenters. The average molecular weight is 238 g/mol.